The Labute approximate surface area is 131 Å². The average molecular weight is 328 g/mol. The number of carbonyl (C=O) groups is 1. The van der Waals surface area contributed by atoms with Crippen LogP contribution in [0.2, 0.25) is 10.0 Å². The van der Waals surface area contributed by atoms with Crippen molar-refractivity contribution < 1.29 is 13.9 Å². The predicted octanol–water partition coefficient (Wildman–Crippen LogP) is 4.53. The molecule has 0 bridgehead atoms. The van der Waals surface area contributed by atoms with Crippen molar-refractivity contribution >= 4 is 34.9 Å². The molecule has 0 aliphatic rings. The fourth-order valence-corrected chi connectivity index (χ4v) is 2.32. The number of nitrogens with one attached hydrogen (secondary N) is 1. The molecule has 6 heteroatoms. The summed E-state index contributed by atoms with van der Waals surface area (Å²) in [5.74, 6) is -1.01. The number of carbonyl (C=O) groups excluding carboxylic acids is 1. The number of hydrogen-bond donors (Lipinski definition) is 1. The Morgan fingerprint density at radius 3 is 2.52 bits per heavy atom. The van der Waals surface area contributed by atoms with E-state index in [0.717, 1.165) is 0 Å². The van der Waals surface area contributed by atoms with Crippen LogP contribution in [0, 0.1) is 5.82 Å². The molecule has 2 aromatic carbocycles. The van der Waals surface area contributed by atoms with Crippen LogP contribution in [0.1, 0.15) is 15.9 Å². The molecule has 0 aliphatic heterocycles. The molecular weight excluding hydrogens is 316 g/mol. The molecule has 0 aliphatic carbocycles. The molecule has 0 unspecified atom stereocenters. The molecule has 21 heavy (non-hydrogen) atoms. The summed E-state index contributed by atoms with van der Waals surface area (Å²) in [6.07, 6.45) is 0. The third-order valence-electron chi connectivity index (χ3n) is 2.90. The lowest BCUT2D eigenvalue weighted by molar-refractivity contribution is 0.0600. The molecule has 0 amide bonds. The van der Waals surface area contributed by atoms with E-state index in [1.165, 1.54) is 25.3 Å². The van der Waals surface area contributed by atoms with Crippen molar-refractivity contribution in [3.8, 4) is 0 Å². The van der Waals surface area contributed by atoms with Gasteiger partial charge in [-0.2, -0.15) is 0 Å². The van der Waals surface area contributed by atoms with Crippen LogP contribution in [0.5, 0.6) is 0 Å². The van der Waals surface area contributed by atoms with Crippen LogP contribution in [-0.4, -0.2) is 13.1 Å². The monoisotopic (exact) mass is 327 g/mol. The van der Waals surface area contributed by atoms with Crippen LogP contribution >= 0.6 is 23.2 Å². The maximum Gasteiger partial charge on any atom is 0.337 e. The van der Waals surface area contributed by atoms with Gasteiger partial charge in [-0.1, -0.05) is 29.3 Å². The number of ether oxygens (including phenoxy) is 1. The third-order valence-corrected chi connectivity index (χ3v) is 3.61. The minimum absolute atomic E-state index is 0.175. The van der Waals surface area contributed by atoms with Gasteiger partial charge in [-0.15, -0.1) is 0 Å². The molecule has 0 spiro atoms. The first-order chi connectivity index (χ1) is 10.0. The first-order valence-corrected chi connectivity index (χ1v) is 6.83. The van der Waals surface area contributed by atoms with Crippen LogP contribution in [0.4, 0.5) is 10.1 Å². The minimum Gasteiger partial charge on any atom is -0.465 e. The molecule has 2 aromatic rings. The molecule has 0 atom stereocenters. The molecule has 0 fully saturated rings. The Bertz CT molecular complexity index is 656. The fourth-order valence-electron chi connectivity index (χ4n) is 1.79. The number of esters is 1. The van der Waals surface area contributed by atoms with Gasteiger partial charge in [0.05, 0.1) is 18.4 Å². The predicted molar refractivity (Wildman–Crippen MR) is 81.5 cm³/mol. The van der Waals surface area contributed by atoms with Crippen molar-refractivity contribution in [1.29, 1.82) is 0 Å². The lowest BCUT2D eigenvalue weighted by Crippen LogP contribution is -2.06. The van der Waals surface area contributed by atoms with Crippen molar-refractivity contribution in [2.75, 3.05) is 12.4 Å². The largest absolute Gasteiger partial charge is 0.465 e. The zero-order valence-corrected chi connectivity index (χ0v) is 12.6. The third kappa shape index (κ3) is 3.65. The Morgan fingerprint density at radius 2 is 1.90 bits per heavy atom. The smallest absolute Gasteiger partial charge is 0.337 e. The van der Waals surface area contributed by atoms with E-state index in [9.17, 15) is 9.18 Å². The molecular formula is C15H12Cl2FNO2. The van der Waals surface area contributed by atoms with Crippen LogP contribution in [-0.2, 0) is 11.3 Å². The van der Waals surface area contributed by atoms with Gasteiger partial charge in [0.1, 0.15) is 5.82 Å². The second-order valence-corrected chi connectivity index (χ2v) is 5.05. The fraction of sp³-hybridized carbons (Fsp3) is 0.133. The molecule has 1 N–H and O–H groups in total. The normalized spacial score (nSPS) is 10.3. The van der Waals surface area contributed by atoms with Crippen molar-refractivity contribution in [2.45, 2.75) is 6.54 Å². The number of benzene rings is 2. The highest BCUT2D eigenvalue weighted by molar-refractivity contribution is 6.36. The standard InChI is InChI=1S/C15H12Cl2FNO2/c1-21-15(20)9-5-6-13(18)14(7-9)19-8-10-11(16)3-2-4-12(10)17/h2-7,19H,8H2,1H3. The van der Waals surface area contributed by atoms with Gasteiger partial charge in [0.2, 0.25) is 0 Å². The van der Waals surface area contributed by atoms with Gasteiger partial charge in [0.15, 0.2) is 0 Å². The lowest BCUT2D eigenvalue weighted by atomic mass is 10.1. The van der Waals surface area contributed by atoms with E-state index in [1.54, 1.807) is 18.2 Å². The number of halogens is 3. The average Bonchev–Trinajstić information content (AvgIpc) is 2.47. The van der Waals surface area contributed by atoms with E-state index in [1.807, 2.05) is 0 Å². The summed E-state index contributed by atoms with van der Waals surface area (Å²) in [5, 5.41) is 3.85. The van der Waals surface area contributed by atoms with E-state index in [2.05, 4.69) is 10.1 Å². The van der Waals surface area contributed by atoms with E-state index in [-0.39, 0.29) is 17.8 Å². The summed E-state index contributed by atoms with van der Waals surface area (Å²) in [4.78, 5) is 11.4. The lowest BCUT2D eigenvalue weighted by Gasteiger charge is -2.11. The van der Waals surface area contributed by atoms with Crippen molar-refractivity contribution in [3.63, 3.8) is 0 Å². The maximum absolute atomic E-state index is 13.8. The van der Waals surface area contributed by atoms with E-state index < -0.39 is 11.8 Å². The summed E-state index contributed by atoms with van der Waals surface area (Å²) in [6.45, 7) is 0.236. The molecule has 0 heterocycles. The first-order valence-electron chi connectivity index (χ1n) is 6.07. The van der Waals surface area contributed by atoms with Gasteiger partial charge in [0, 0.05) is 22.2 Å². The van der Waals surface area contributed by atoms with Crippen LogP contribution < -0.4 is 5.32 Å². The summed E-state index contributed by atoms with van der Waals surface area (Å²) in [7, 11) is 1.27. The summed E-state index contributed by atoms with van der Waals surface area (Å²) >= 11 is 12.1. The summed E-state index contributed by atoms with van der Waals surface area (Å²) < 4.78 is 18.4. The minimum atomic E-state index is -0.533. The van der Waals surface area contributed by atoms with Gasteiger partial charge >= 0.3 is 5.97 Å². The Morgan fingerprint density at radius 1 is 1.24 bits per heavy atom. The van der Waals surface area contributed by atoms with Crippen molar-refractivity contribution in [1.82, 2.24) is 0 Å². The maximum atomic E-state index is 13.8. The number of anilines is 1. The quantitative estimate of drug-likeness (QED) is 0.838. The Hall–Kier alpha value is -1.78. The van der Waals surface area contributed by atoms with Crippen LogP contribution in [0.3, 0.4) is 0 Å². The first kappa shape index (κ1) is 15.6. The molecule has 110 valence electrons. The Balaban J connectivity index is 2.22. The van der Waals surface area contributed by atoms with Gasteiger partial charge in [-0.25, -0.2) is 9.18 Å². The number of methoxy groups -OCH3 is 1. The highest BCUT2D eigenvalue weighted by Crippen LogP contribution is 2.26. The number of hydrogen-bond acceptors (Lipinski definition) is 3. The topological polar surface area (TPSA) is 38.3 Å². The second kappa shape index (κ2) is 6.78. The zero-order valence-electron chi connectivity index (χ0n) is 11.1. The molecule has 0 radical (unpaired) electrons. The van der Waals surface area contributed by atoms with E-state index >= 15 is 0 Å². The van der Waals surface area contributed by atoms with Gasteiger partial charge < -0.3 is 10.1 Å². The van der Waals surface area contributed by atoms with Gasteiger partial charge in [0.25, 0.3) is 0 Å². The van der Waals surface area contributed by atoms with E-state index in [4.69, 9.17) is 23.2 Å². The molecule has 0 saturated carbocycles. The SMILES string of the molecule is COC(=O)c1ccc(F)c(NCc2c(Cl)cccc2Cl)c1. The summed E-state index contributed by atoms with van der Waals surface area (Å²) in [6, 6.07) is 9.06. The van der Waals surface area contributed by atoms with E-state index in [0.29, 0.717) is 15.6 Å². The molecule has 0 saturated heterocycles. The highest BCUT2D eigenvalue weighted by atomic mass is 35.5. The Kier molecular flexibility index (Phi) is 5.04. The van der Waals surface area contributed by atoms with Crippen molar-refractivity contribution in [3.05, 3.63) is 63.4 Å². The number of rotatable bonds is 4. The second-order valence-electron chi connectivity index (χ2n) is 4.24. The molecule has 3 nitrogen and oxygen atoms in total. The van der Waals surface area contributed by atoms with Crippen LogP contribution in [0.15, 0.2) is 36.4 Å². The van der Waals surface area contributed by atoms with Crippen molar-refractivity contribution in [2.24, 2.45) is 0 Å². The van der Waals surface area contributed by atoms with Gasteiger partial charge in [-0.05, 0) is 30.3 Å². The summed E-state index contributed by atoms with van der Waals surface area (Å²) in [5.41, 5.74) is 1.09. The molecule has 2 rings (SSSR count). The molecule has 0 aromatic heterocycles. The highest BCUT2D eigenvalue weighted by Gasteiger charge is 2.11. The van der Waals surface area contributed by atoms with Gasteiger partial charge in [-0.3, -0.25) is 0 Å². The zero-order chi connectivity index (χ0) is 15.4. The van der Waals surface area contributed by atoms with Crippen LogP contribution in [0.25, 0.3) is 0 Å².